The molecule has 11 heteroatoms. The van der Waals surface area contributed by atoms with Crippen molar-refractivity contribution in [1.29, 1.82) is 0 Å². The van der Waals surface area contributed by atoms with E-state index in [0.29, 0.717) is 32.0 Å². The number of piperazine rings is 1. The Morgan fingerprint density at radius 1 is 1.07 bits per heavy atom. The molecule has 0 amide bonds. The van der Waals surface area contributed by atoms with Crippen LogP contribution in [-0.2, 0) is 14.8 Å². The van der Waals surface area contributed by atoms with E-state index in [4.69, 9.17) is 4.74 Å². The topological polar surface area (TPSA) is 59.1 Å². The largest absolute Gasteiger partial charge is 0.461 e. The highest BCUT2D eigenvalue weighted by Gasteiger charge is 2.44. The van der Waals surface area contributed by atoms with Crippen molar-refractivity contribution in [3.63, 3.8) is 0 Å². The Kier molecular flexibility index (Phi) is 7.25. The summed E-state index contributed by atoms with van der Waals surface area (Å²) in [6.45, 7) is 2.66. The van der Waals surface area contributed by atoms with Crippen LogP contribution >= 0.6 is 0 Å². The van der Waals surface area contributed by atoms with Crippen LogP contribution in [0.4, 0.5) is 23.2 Å². The van der Waals surface area contributed by atoms with Crippen LogP contribution in [-0.4, -0.2) is 64.6 Å². The molecule has 2 heterocycles. The smallest absolute Gasteiger partial charge is 0.428 e. The number of halogens is 4. The van der Waals surface area contributed by atoms with Crippen LogP contribution in [0.5, 0.6) is 5.75 Å². The maximum Gasteiger partial charge on any atom is 0.461 e. The number of hydrogen-bond acceptors (Lipinski definition) is 5. The van der Waals surface area contributed by atoms with Gasteiger partial charge in [0.25, 0.3) is 0 Å². The van der Waals surface area contributed by atoms with Crippen LogP contribution in [0, 0.1) is 5.92 Å². The lowest BCUT2D eigenvalue weighted by Gasteiger charge is -2.35. The van der Waals surface area contributed by atoms with Gasteiger partial charge in [-0.25, -0.2) is 8.42 Å². The van der Waals surface area contributed by atoms with Gasteiger partial charge in [0.2, 0.25) is 10.0 Å². The van der Waals surface area contributed by atoms with Gasteiger partial charge in [-0.05, 0) is 43.0 Å². The molecule has 168 valence electrons. The van der Waals surface area contributed by atoms with E-state index in [9.17, 15) is 26.0 Å². The molecule has 0 saturated carbocycles. The fraction of sp³-hybridized carbons (Fsp3) is 0.579. The molecule has 0 bridgehead atoms. The summed E-state index contributed by atoms with van der Waals surface area (Å²) in [5, 5.41) is 1.27. The van der Waals surface area contributed by atoms with Gasteiger partial charge in [0, 0.05) is 50.5 Å². The van der Waals surface area contributed by atoms with Gasteiger partial charge < -0.3 is 14.4 Å². The predicted molar refractivity (Wildman–Crippen MR) is 103 cm³/mol. The summed E-state index contributed by atoms with van der Waals surface area (Å²) in [4.78, 5) is 1.89. The second kappa shape index (κ2) is 9.52. The Morgan fingerprint density at radius 3 is 2.23 bits per heavy atom. The minimum atomic E-state index is -4.56. The van der Waals surface area contributed by atoms with Crippen molar-refractivity contribution in [1.82, 2.24) is 4.31 Å². The fourth-order valence-corrected chi connectivity index (χ4v) is 4.60. The first-order valence-corrected chi connectivity index (χ1v) is 11.1. The summed E-state index contributed by atoms with van der Waals surface area (Å²) in [7, 11) is -3.51. The summed E-state index contributed by atoms with van der Waals surface area (Å²) < 4.78 is 86.2. The minimum absolute atomic E-state index is 0.202. The number of benzene rings is 1. The third-order valence-electron chi connectivity index (χ3n) is 5.10. The SMILES string of the molecule is O=S(=O)(C=CC1CCOCC1)N1CCN(c2ccc(OC(F)(F)C(F)F)cc2)CC1. The number of ether oxygens (including phenoxy) is 2. The Bertz CT molecular complexity index is 819. The van der Waals surface area contributed by atoms with Gasteiger partial charge in [-0.3, -0.25) is 0 Å². The van der Waals surface area contributed by atoms with Crippen molar-refractivity contribution in [2.45, 2.75) is 25.4 Å². The first-order chi connectivity index (χ1) is 14.2. The molecule has 0 aliphatic carbocycles. The summed E-state index contributed by atoms with van der Waals surface area (Å²) >= 11 is 0. The minimum Gasteiger partial charge on any atom is -0.428 e. The summed E-state index contributed by atoms with van der Waals surface area (Å²) in [6.07, 6.45) is -5.13. The van der Waals surface area contributed by atoms with Crippen LogP contribution < -0.4 is 9.64 Å². The van der Waals surface area contributed by atoms with Crippen LogP contribution in [0.25, 0.3) is 0 Å². The Morgan fingerprint density at radius 2 is 1.67 bits per heavy atom. The van der Waals surface area contributed by atoms with Crippen molar-refractivity contribution in [3.8, 4) is 5.75 Å². The van der Waals surface area contributed by atoms with Gasteiger partial charge in [0.1, 0.15) is 5.75 Å². The van der Waals surface area contributed by atoms with Gasteiger partial charge >= 0.3 is 12.5 Å². The van der Waals surface area contributed by atoms with E-state index in [1.807, 2.05) is 4.90 Å². The summed E-state index contributed by atoms with van der Waals surface area (Å²) in [5.74, 6) is -0.170. The maximum atomic E-state index is 13.0. The number of nitrogens with zero attached hydrogens (tertiary/aromatic N) is 2. The van der Waals surface area contributed by atoms with Crippen molar-refractivity contribution in [3.05, 3.63) is 35.7 Å². The molecule has 2 saturated heterocycles. The molecule has 1 aromatic rings. The highest BCUT2D eigenvalue weighted by Crippen LogP contribution is 2.29. The van der Waals surface area contributed by atoms with Crippen LogP contribution in [0.2, 0.25) is 0 Å². The molecule has 0 aromatic heterocycles. The predicted octanol–water partition coefficient (Wildman–Crippen LogP) is 3.32. The highest BCUT2D eigenvalue weighted by molar-refractivity contribution is 7.92. The number of anilines is 1. The summed E-state index contributed by atoms with van der Waals surface area (Å²) in [5.41, 5.74) is 0.664. The molecular weight excluding hydrogens is 428 g/mol. The molecular formula is C19H24F4N2O4S. The molecule has 0 N–H and O–H groups in total. The standard InChI is InChI=1S/C19H24F4N2O4S/c20-18(21)19(22,23)29-17-3-1-16(2-4-17)24-8-10-25(11-9-24)30(26,27)14-7-15-5-12-28-13-6-15/h1-4,7,14-15,18H,5-6,8-13H2. The van der Waals surface area contributed by atoms with Gasteiger partial charge in [-0.15, -0.1) is 0 Å². The number of hydrogen-bond donors (Lipinski definition) is 0. The van der Waals surface area contributed by atoms with E-state index in [0.717, 1.165) is 12.8 Å². The lowest BCUT2D eigenvalue weighted by atomic mass is 10.0. The van der Waals surface area contributed by atoms with Gasteiger partial charge in [0.15, 0.2) is 0 Å². The Balaban J connectivity index is 1.54. The van der Waals surface area contributed by atoms with E-state index in [2.05, 4.69) is 4.74 Å². The fourth-order valence-electron chi connectivity index (χ4n) is 3.33. The van der Waals surface area contributed by atoms with E-state index < -0.39 is 22.6 Å². The lowest BCUT2D eigenvalue weighted by molar-refractivity contribution is -0.253. The number of alkyl halides is 4. The first-order valence-electron chi connectivity index (χ1n) is 9.63. The van der Waals surface area contributed by atoms with E-state index in [-0.39, 0.29) is 24.8 Å². The van der Waals surface area contributed by atoms with E-state index in [1.165, 1.54) is 34.0 Å². The van der Waals surface area contributed by atoms with Crippen molar-refractivity contribution >= 4 is 15.7 Å². The average molecular weight is 452 g/mol. The molecule has 0 spiro atoms. The average Bonchev–Trinajstić information content (AvgIpc) is 2.73. The third kappa shape index (κ3) is 5.86. The van der Waals surface area contributed by atoms with Gasteiger partial charge in [-0.2, -0.15) is 21.9 Å². The normalized spacial score (nSPS) is 20.2. The second-order valence-electron chi connectivity index (χ2n) is 7.17. The van der Waals surface area contributed by atoms with Crippen molar-refractivity contribution in [2.75, 3.05) is 44.3 Å². The van der Waals surface area contributed by atoms with Gasteiger partial charge in [0.05, 0.1) is 0 Å². The van der Waals surface area contributed by atoms with Gasteiger partial charge in [-0.1, -0.05) is 6.08 Å². The Hall–Kier alpha value is -1.85. The molecule has 0 radical (unpaired) electrons. The lowest BCUT2D eigenvalue weighted by Crippen LogP contribution is -2.48. The molecule has 2 aliphatic heterocycles. The Labute approximate surface area is 173 Å². The van der Waals surface area contributed by atoms with Crippen LogP contribution in [0.3, 0.4) is 0 Å². The molecule has 0 unspecified atom stereocenters. The molecule has 2 aliphatic rings. The molecule has 30 heavy (non-hydrogen) atoms. The van der Waals surface area contributed by atoms with E-state index in [1.54, 1.807) is 6.08 Å². The zero-order valence-corrected chi connectivity index (χ0v) is 17.0. The number of sulfonamides is 1. The molecule has 2 fully saturated rings. The maximum absolute atomic E-state index is 13.0. The van der Waals surface area contributed by atoms with E-state index >= 15 is 0 Å². The zero-order chi connectivity index (χ0) is 21.8. The summed E-state index contributed by atoms with van der Waals surface area (Å²) in [6, 6.07) is 5.33. The number of allylic oxidation sites excluding steroid dienone is 1. The molecule has 6 nitrogen and oxygen atoms in total. The monoisotopic (exact) mass is 452 g/mol. The zero-order valence-electron chi connectivity index (χ0n) is 16.2. The second-order valence-corrected chi connectivity index (χ2v) is 8.99. The molecule has 1 aromatic carbocycles. The third-order valence-corrected chi connectivity index (χ3v) is 6.68. The highest BCUT2D eigenvalue weighted by atomic mass is 32.2. The van der Waals surface area contributed by atoms with Crippen molar-refractivity contribution < 1.29 is 35.5 Å². The first kappa shape index (κ1) is 22.8. The van der Waals surface area contributed by atoms with Crippen LogP contribution in [0.15, 0.2) is 35.7 Å². The van der Waals surface area contributed by atoms with Crippen LogP contribution in [0.1, 0.15) is 12.8 Å². The van der Waals surface area contributed by atoms with Crippen molar-refractivity contribution in [2.24, 2.45) is 5.92 Å². The quantitative estimate of drug-likeness (QED) is 0.594. The molecule has 0 atom stereocenters. The molecule has 3 rings (SSSR count). The number of rotatable bonds is 7.